The van der Waals surface area contributed by atoms with Gasteiger partial charge in [-0.05, 0) is 30.7 Å². The van der Waals surface area contributed by atoms with Crippen molar-refractivity contribution >= 4 is 23.3 Å². The standard InChI is InChI=1S/C11H15N3O3/c12-7-1-3-8(4-2-7)14-10(15)6-5-9(13)11(16)17/h1-4,9H,5-6,12-13H2,(H,14,15)(H,16,17). The van der Waals surface area contributed by atoms with Gasteiger partial charge in [0.2, 0.25) is 5.91 Å². The van der Waals surface area contributed by atoms with Crippen LogP contribution in [0, 0.1) is 0 Å². The zero-order valence-corrected chi connectivity index (χ0v) is 9.22. The molecule has 0 saturated carbocycles. The number of nitrogens with two attached hydrogens (primary N) is 2. The monoisotopic (exact) mass is 237 g/mol. The molecule has 0 radical (unpaired) electrons. The molecule has 1 aromatic carbocycles. The molecule has 6 heteroatoms. The van der Waals surface area contributed by atoms with Gasteiger partial charge in [0.05, 0.1) is 0 Å². The number of hydrogen-bond donors (Lipinski definition) is 4. The van der Waals surface area contributed by atoms with Gasteiger partial charge in [-0.3, -0.25) is 9.59 Å². The second-order valence-electron chi connectivity index (χ2n) is 3.65. The molecule has 6 N–H and O–H groups in total. The Balaban J connectivity index is 2.39. The molecule has 1 unspecified atom stereocenters. The minimum Gasteiger partial charge on any atom is -0.480 e. The fraction of sp³-hybridized carbons (Fsp3) is 0.273. The Hall–Kier alpha value is -2.08. The van der Waals surface area contributed by atoms with Crippen molar-refractivity contribution in [2.45, 2.75) is 18.9 Å². The third-order valence-corrected chi connectivity index (χ3v) is 2.19. The van der Waals surface area contributed by atoms with Crippen molar-refractivity contribution in [1.29, 1.82) is 0 Å². The molecule has 0 fully saturated rings. The van der Waals surface area contributed by atoms with E-state index in [1.165, 1.54) is 0 Å². The molecule has 17 heavy (non-hydrogen) atoms. The van der Waals surface area contributed by atoms with Crippen LogP contribution in [0.3, 0.4) is 0 Å². The van der Waals surface area contributed by atoms with E-state index in [9.17, 15) is 9.59 Å². The van der Waals surface area contributed by atoms with Gasteiger partial charge in [0.25, 0.3) is 0 Å². The smallest absolute Gasteiger partial charge is 0.320 e. The van der Waals surface area contributed by atoms with Crippen LogP contribution in [0.1, 0.15) is 12.8 Å². The van der Waals surface area contributed by atoms with Gasteiger partial charge in [0, 0.05) is 17.8 Å². The van der Waals surface area contributed by atoms with E-state index in [2.05, 4.69) is 5.32 Å². The maximum absolute atomic E-state index is 11.4. The average molecular weight is 237 g/mol. The van der Waals surface area contributed by atoms with E-state index >= 15 is 0 Å². The van der Waals surface area contributed by atoms with Crippen LogP contribution < -0.4 is 16.8 Å². The number of anilines is 2. The maximum atomic E-state index is 11.4. The summed E-state index contributed by atoms with van der Waals surface area (Å²) in [6.07, 6.45) is 0.175. The summed E-state index contributed by atoms with van der Waals surface area (Å²) in [6, 6.07) is 5.67. The van der Waals surface area contributed by atoms with Crippen molar-refractivity contribution in [3.63, 3.8) is 0 Å². The second-order valence-corrected chi connectivity index (χ2v) is 3.65. The van der Waals surface area contributed by atoms with Crippen LogP contribution >= 0.6 is 0 Å². The van der Waals surface area contributed by atoms with Crippen LogP contribution in [0.2, 0.25) is 0 Å². The predicted molar refractivity (Wildman–Crippen MR) is 64.3 cm³/mol. The summed E-state index contributed by atoms with van der Waals surface area (Å²) < 4.78 is 0. The Morgan fingerprint density at radius 3 is 2.41 bits per heavy atom. The molecule has 0 aliphatic rings. The van der Waals surface area contributed by atoms with Crippen LogP contribution in [0.15, 0.2) is 24.3 Å². The number of carboxylic acid groups (broad SMARTS) is 1. The highest BCUT2D eigenvalue weighted by Gasteiger charge is 2.13. The first kappa shape index (κ1) is 13.0. The van der Waals surface area contributed by atoms with Gasteiger partial charge in [0.1, 0.15) is 6.04 Å². The number of nitrogen functional groups attached to an aromatic ring is 1. The molecule has 0 saturated heterocycles. The summed E-state index contributed by atoms with van der Waals surface area (Å²) in [6.45, 7) is 0. The molecule has 0 heterocycles. The van der Waals surface area contributed by atoms with Crippen LogP contribution in [0.4, 0.5) is 11.4 Å². The molecule has 0 aliphatic carbocycles. The highest BCUT2D eigenvalue weighted by Crippen LogP contribution is 2.11. The van der Waals surface area contributed by atoms with Gasteiger partial charge in [0.15, 0.2) is 0 Å². The molecule has 0 spiro atoms. The van der Waals surface area contributed by atoms with Crippen molar-refractivity contribution in [2.24, 2.45) is 5.73 Å². The topological polar surface area (TPSA) is 118 Å². The Bertz CT molecular complexity index is 403. The highest BCUT2D eigenvalue weighted by atomic mass is 16.4. The molecule has 1 rings (SSSR count). The second kappa shape index (κ2) is 5.86. The Morgan fingerprint density at radius 1 is 1.29 bits per heavy atom. The van der Waals surface area contributed by atoms with Gasteiger partial charge >= 0.3 is 5.97 Å². The predicted octanol–water partition coefficient (Wildman–Crippen LogP) is 0.399. The van der Waals surface area contributed by atoms with Gasteiger partial charge in [-0.25, -0.2) is 0 Å². The van der Waals surface area contributed by atoms with Gasteiger partial charge in [-0.15, -0.1) is 0 Å². The molecule has 0 aliphatic heterocycles. The quantitative estimate of drug-likeness (QED) is 0.553. The SMILES string of the molecule is Nc1ccc(NC(=O)CCC(N)C(=O)O)cc1. The van der Waals surface area contributed by atoms with Crippen molar-refractivity contribution in [3.8, 4) is 0 Å². The average Bonchev–Trinajstić information content (AvgIpc) is 2.29. The van der Waals surface area contributed by atoms with Crippen molar-refractivity contribution in [2.75, 3.05) is 11.1 Å². The number of rotatable bonds is 5. The molecule has 1 aromatic rings. The van der Waals surface area contributed by atoms with Crippen molar-refractivity contribution in [3.05, 3.63) is 24.3 Å². The van der Waals surface area contributed by atoms with Crippen LogP contribution in [0.25, 0.3) is 0 Å². The highest BCUT2D eigenvalue weighted by molar-refractivity contribution is 5.91. The third kappa shape index (κ3) is 4.52. The lowest BCUT2D eigenvalue weighted by atomic mass is 10.1. The number of nitrogens with one attached hydrogen (secondary N) is 1. The van der Waals surface area contributed by atoms with E-state index in [0.29, 0.717) is 11.4 Å². The van der Waals surface area contributed by atoms with Crippen LogP contribution in [-0.4, -0.2) is 23.0 Å². The first-order valence-corrected chi connectivity index (χ1v) is 5.13. The van der Waals surface area contributed by atoms with E-state index in [0.717, 1.165) is 0 Å². The number of amides is 1. The van der Waals surface area contributed by atoms with E-state index < -0.39 is 12.0 Å². The van der Waals surface area contributed by atoms with Crippen molar-refractivity contribution < 1.29 is 14.7 Å². The number of benzene rings is 1. The van der Waals surface area contributed by atoms with Crippen LogP contribution in [-0.2, 0) is 9.59 Å². The van der Waals surface area contributed by atoms with Crippen molar-refractivity contribution in [1.82, 2.24) is 0 Å². The lowest BCUT2D eigenvalue weighted by Gasteiger charge is -2.07. The van der Waals surface area contributed by atoms with E-state index in [-0.39, 0.29) is 18.7 Å². The molecule has 6 nitrogen and oxygen atoms in total. The summed E-state index contributed by atoms with van der Waals surface area (Å²) >= 11 is 0. The van der Waals surface area contributed by atoms with E-state index in [1.54, 1.807) is 24.3 Å². The number of aliphatic carboxylic acids is 1. The first-order chi connectivity index (χ1) is 7.99. The molecule has 92 valence electrons. The number of carbonyl (C=O) groups excluding carboxylic acids is 1. The fourth-order valence-electron chi connectivity index (χ4n) is 1.20. The van der Waals surface area contributed by atoms with E-state index in [1.807, 2.05) is 0 Å². The summed E-state index contributed by atoms with van der Waals surface area (Å²) in [7, 11) is 0. The molecular formula is C11H15N3O3. The van der Waals surface area contributed by atoms with Gasteiger partial charge in [-0.2, -0.15) is 0 Å². The summed E-state index contributed by atoms with van der Waals surface area (Å²) in [4.78, 5) is 21.9. The summed E-state index contributed by atoms with van der Waals surface area (Å²) in [5, 5.41) is 11.2. The zero-order chi connectivity index (χ0) is 12.8. The largest absolute Gasteiger partial charge is 0.480 e. The zero-order valence-electron chi connectivity index (χ0n) is 9.22. The lowest BCUT2D eigenvalue weighted by Crippen LogP contribution is -2.31. The minimum absolute atomic E-state index is 0.0673. The number of carbonyl (C=O) groups is 2. The fourth-order valence-corrected chi connectivity index (χ4v) is 1.20. The number of carboxylic acids is 1. The maximum Gasteiger partial charge on any atom is 0.320 e. The summed E-state index contributed by atoms with van der Waals surface area (Å²) in [5.74, 6) is -1.38. The first-order valence-electron chi connectivity index (χ1n) is 5.13. The minimum atomic E-state index is -1.11. The molecule has 0 bridgehead atoms. The normalized spacial score (nSPS) is 11.8. The van der Waals surface area contributed by atoms with Gasteiger partial charge < -0.3 is 21.9 Å². The molecule has 1 amide bonds. The Kier molecular flexibility index (Phi) is 4.47. The number of hydrogen-bond acceptors (Lipinski definition) is 4. The Labute approximate surface area is 98.6 Å². The van der Waals surface area contributed by atoms with Gasteiger partial charge in [-0.1, -0.05) is 0 Å². The third-order valence-electron chi connectivity index (χ3n) is 2.19. The molecule has 1 atom stereocenters. The molecular weight excluding hydrogens is 222 g/mol. The van der Waals surface area contributed by atoms with Crippen LogP contribution in [0.5, 0.6) is 0 Å². The Morgan fingerprint density at radius 2 is 1.88 bits per heavy atom. The summed E-state index contributed by atoms with van der Waals surface area (Å²) in [5.41, 5.74) is 12.0. The molecule has 0 aromatic heterocycles. The van der Waals surface area contributed by atoms with E-state index in [4.69, 9.17) is 16.6 Å². The lowest BCUT2D eigenvalue weighted by molar-refractivity contribution is -0.138.